The van der Waals surface area contributed by atoms with Gasteiger partial charge in [0, 0.05) is 32.6 Å². The Balaban J connectivity index is 2.24. The average molecular weight is 253 g/mol. The van der Waals surface area contributed by atoms with E-state index in [9.17, 15) is 4.79 Å². The number of rotatable bonds is 5. The van der Waals surface area contributed by atoms with E-state index in [1.807, 2.05) is 13.8 Å². The van der Waals surface area contributed by atoms with Crippen molar-refractivity contribution < 1.29 is 9.53 Å². The summed E-state index contributed by atoms with van der Waals surface area (Å²) in [5.41, 5.74) is -0.377. The molecule has 0 radical (unpaired) electrons. The van der Waals surface area contributed by atoms with Crippen LogP contribution in [-0.2, 0) is 9.53 Å². The van der Waals surface area contributed by atoms with E-state index in [0.29, 0.717) is 6.42 Å². The first-order chi connectivity index (χ1) is 8.49. The number of nitrogens with zero attached hydrogens (tertiary/aromatic N) is 3. The molecular weight excluding hydrogens is 230 g/mol. The van der Waals surface area contributed by atoms with Crippen LogP contribution in [0.15, 0.2) is 0 Å². The highest BCUT2D eigenvalue weighted by Gasteiger charge is 2.29. The summed E-state index contributed by atoms with van der Waals surface area (Å²) in [4.78, 5) is 15.5. The minimum atomic E-state index is -0.377. The van der Waals surface area contributed by atoms with Crippen LogP contribution in [0.25, 0.3) is 0 Å². The number of carbonyl (C=O) groups is 1. The third kappa shape index (κ3) is 4.28. The van der Waals surface area contributed by atoms with Gasteiger partial charge < -0.3 is 9.64 Å². The molecule has 1 fully saturated rings. The highest BCUT2D eigenvalue weighted by atomic mass is 16.5. The maximum Gasteiger partial charge on any atom is 0.305 e. The van der Waals surface area contributed by atoms with Gasteiger partial charge in [0.2, 0.25) is 0 Å². The number of methoxy groups -OCH3 is 1. The summed E-state index contributed by atoms with van der Waals surface area (Å²) in [6.45, 7) is 8.60. The first-order valence-electron chi connectivity index (χ1n) is 6.45. The molecule has 1 heterocycles. The second-order valence-electron chi connectivity index (χ2n) is 5.18. The fourth-order valence-corrected chi connectivity index (χ4v) is 2.15. The first kappa shape index (κ1) is 14.9. The predicted octanol–water partition coefficient (Wildman–Crippen LogP) is 0.859. The zero-order chi connectivity index (χ0) is 13.6. The van der Waals surface area contributed by atoms with Gasteiger partial charge in [-0.05, 0) is 26.8 Å². The van der Waals surface area contributed by atoms with E-state index in [0.717, 1.165) is 39.1 Å². The number of carbonyl (C=O) groups excluding carboxylic acids is 1. The molecule has 18 heavy (non-hydrogen) atoms. The van der Waals surface area contributed by atoms with Gasteiger partial charge in [0.1, 0.15) is 5.54 Å². The number of esters is 1. The van der Waals surface area contributed by atoms with Crippen LogP contribution >= 0.6 is 0 Å². The van der Waals surface area contributed by atoms with E-state index in [2.05, 4.69) is 20.6 Å². The Labute approximate surface area is 109 Å². The van der Waals surface area contributed by atoms with Crippen molar-refractivity contribution in [1.82, 2.24) is 9.80 Å². The molecule has 102 valence electrons. The van der Waals surface area contributed by atoms with Crippen molar-refractivity contribution in [2.45, 2.75) is 32.2 Å². The Morgan fingerprint density at radius 1 is 1.33 bits per heavy atom. The fourth-order valence-electron chi connectivity index (χ4n) is 2.15. The van der Waals surface area contributed by atoms with E-state index < -0.39 is 0 Å². The second kappa shape index (κ2) is 6.72. The molecule has 1 saturated heterocycles. The monoisotopic (exact) mass is 253 g/mol. The van der Waals surface area contributed by atoms with E-state index in [4.69, 9.17) is 5.26 Å². The Hall–Kier alpha value is -1.12. The number of ether oxygens (including phenoxy) is 1. The molecule has 0 N–H and O–H groups in total. The van der Waals surface area contributed by atoms with Crippen LogP contribution < -0.4 is 0 Å². The van der Waals surface area contributed by atoms with Gasteiger partial charge in [0.25, 0.3) is 0 Å². The molecule has 0 aromatic rings. The van der Waals surface area contributed by atoms with Gasteiger partial charge in [0.15, 0.2) is 0 Å². The topological polar surface area (TPSA) is 56.6 Å². The Morgan fingerprint density at radius 3 is 2.44 bits per heavy atom. The molecule has 1 aliphatic rings. The lowest BCUT2D eigenvalue weighted by atomic mass is 10.0. The first-order valence-corrected chi connectivity index (χ1v) is 6.45. The van der Waals surface area contributed by atoms with Gasteiger partial charge in [-0.2, -0.15) is 5.26 Å². The van der Waals surface area contributed by atoms with Crippen molar-refractivity contribution in [2.75, 3.05) is 39.8 Å². The molecule has 0 aromatic carbocycles. The quantitative estimate of drug-likeness (QED) is 0.680. The molecule has 0 atom stereocenters. The van der Waals surface area contributed by atoms with Gasteiger partial charge in [-0.15, -0.1) is 0 Å². The second-order valence-corrected chi connectivity index (χ2v) is 5.18. The molecule has 0 saturated carbocycles. The summed E-state index contributed by atoms with van der Waals surface area (Å²) in [7, 11) is 1.42. The lowest BCUT2D eigenvalue weighted by molar-refractivity contribution is -0.140. The SMILES string of the molecule is COC(=O)CCCN1CCN(C(C)(C)C#N)CC1. The number of hydrogen-bond acceptors (Lipinski definition) is 5. The highest BCUT2D eigenvalue weighted by molar-refractivity contribution is 5.69. The van der Waals surface area contributed by atoms with Crippen molar-refractivity contribution in [3.05, 3.63) is 0 Å². The minimum absolute atomic E-state index is 0.140. The summed E-state index contributed by atoms with van der Waals surface area (Å²) >= 11 is 0. The van der Waals surface area contributed by atoms with Crippen LogP contribution in [0, 0.1) is 11.3 Å². The molecule has 1 aliphatic heterocycles. The average Bonchev–Trinajstić information content (AvgIpc) is 2.39. The van der Waals surface area contributed by atoms with Crippen molar-refractivity contribution in [1.29, 1.82) is 5.26 Å². The molecular formula is C13H23N3O2. The Kier molecular flexibility index (Phi) is 5.57. The summed E-state index contributed by atoms with van der Waals surface area (Å²) in [5.74, 6) is -0.140. The fraction of sp³-hybridized carbons (Fsp3) is 0.846. The zero-order valence-corrected chi connectivity index (χ0v) is 11.6. The van der Waals surface area contributed by atoms with Gasteiger partial charge in [0.05, 0.1) is 13.2 Å². The Bertz CT molecular complexity index is 315. The number of nitriles is 1. The normalized spacial score (nSPS) is 18.3. The predicted molar refractivity (Wildman–Crippen MR) is 69.0 cm³/mol. The van der Waals surface area contributed by atoms with Crippen molar-refractivity contribution >= 4 is 5.97 Å². The molecule has 0 aromatic heterocycles. The number of piperazine rings is 1. The smallest absolute Gasteiger partial charge is 0.305 e. The number of hydrogen-bond donors (Lipinski definition) is 0. The minimum Gasteiger partial charge on any atom is -0.469 e. The maximum atomic E-state index is 11.0. The van der Waals surface area contributed by atoms with E-state index in [1.165, 1.54) is 7.11 Å². The third-order valence-corrected chi connectivity index (χ3v) is 3.52. The van der Waals surface area contributed by atoms with Gasteiger partial charge in [-0.3, -0.25) is 9.69 Å². The van der Waals surface area contributed by atoms with Crippen LogP contribution in [0.2, 0.25) is 0 Å². The van der Waals surface area contributed by atoms with Crippen LogP contribution in [0.5, 0.6) is 0 Å². The third-order valence-electron chi connectivity index (χ3n) is 3.52. The van der Waals surface area contributed by atoms with Crippen molar-refractivity contribution in [3.63, 3.8) is 0 Å². The van der Waals surface area contributed by atoms with E-state index in [-0.39, 0.29) is 11.5 Å². The van der Waals surface area contributed by atoms with E-state index in [1.54, 1.807) is 0 Å². The summed E-state index contributed by atoms with van der Waals surface area (Å²) in [6, 6.07) is 2.34. The lowest BCUT2D eigenvalue weighted by Crippen LogP contribution is -2.54. The maximum absolute atomic E-state index is 11.0. The molecule has 0 amide bonds. The molecule has 0 unspecified atom stereocenters. The largest absolute Gasteiger partial charge is 0.469 e. The van der Waals surface area contributed by atoms with Crippen molar-refractivity contribution in [2.24, 2.45) is 0 Å². The van der Waals surface area contributed by atoms with Crippen molar-refractivity contribution in [3.8, 4) is 6.07 Å². The van der Waals surface area contributed by atoms with E-state index >= 15 is 0 Å². The summed E-state index contributed by atoms with van der Waals surface area (Å²) in [6.07, 6.45) is 1.33. The summed E-state index contributed by atoms with van der Waals surface area (Å²) in [5, 5.41) is 9.09. The Morgan fingerprint density at radius 2 is 1.94 bits per heavy atom. The van der Waals surface area contributed by atoms with Crippen LogP contribution in [0.4, 0.5) is 0 Å². The van der Waals surface area contributed by atoms with Gasteiger partial charge in [-0.1, -0.05) is 0 Å². The summed E-state index contributed by atoms with van der Waals surface area (Å²) < 4.78 is 4.61. The van der Waals surface area contributed by atoms with Crippen LogP contribution in [0.1, 0.15) is 26.7 Å². The molecule has 0 aliphatic carbocycles. The molecule has 0 bridgehead atoms. The zero-order valence-electron chi connectivity index (χ0n) is 11.6. The molecule has 0 spiro atoms. The highest BCUT2D eigenvalue weighted by Crippen LogP contribution is 2.16. The molecule has 1 rings (SSSR count). The van der Waals surface area contributed by atoms with Gasteiger partial charge in [-0.25, -0.2) is 0 Å². The molecule has 5 heteroatoms. The standard InChI is InChI=1S/C13H23N3O2/c1-13(2,11-14)16-9-7-15(8-10-16)6-4-5-12(17)18-3/h4-10H2,1-3H3. The molecule has 5 nitrogen and oxygen atoms in total. The van der Waals surface area contributed by atoms with Crippen LogP contribution in [0.3, 0.4) is 0 Å². The van der Waals surface area contributed by atoms with Gasteiger partial charge >= 0.3 is 5.97 Å². The lowest BCUT2D eigenvalue weighted by Gasteiger charge is -2.40. The van der Waals surface area contributed by atoms with Crippen LogP contribution in [-0.4, -0.2) is 61.1 Å².